The highest BCUT2D eigenvalue weighted by Crippen LogP contribution is 2.40. The van der Waals surface area contributed by atoms with Crippen molar-refractivity contribution in [3.05, 3.63) is 63.5 Å². The molecule has 0 radical (unpaired) electrons. The Kier molecular flexibility index (Phi) is 5.20. The Labute approximate surface area is 169 Å². The van der Waals surface area contributed by atoms with Gasteiger partial charge in [-0.1, -0.05) is 0 Å². The number of ether oxygens (including phenoxy) is 2. The van der Waals surface area contributed by atoms with Crippen molar-refractivity contribution in [1.82, 2.24) is 4.90 Å². The van der Waals surface area contributed by atoms with Gasteiger partial charge in [-0.15, -0.1) is 0 Å². The lowest BCUT2D eigenvalue weighted by molar-refractivity contribution is 0.242. The lowest BCUT2D eigenvalue weighted by Crippen LogP contribution is -2.24. The lowest BCUT2D eigenvalue weighted by Gasteiger charge is -2.27. The van der Waals surface area contributed by atoms with Gasteiger partial charge in [-0.3, -0.25) is 4.90 Å². The summed E-state index contributed by atoms with van der Waals surface area (Å²) in [5.74, 6) is 1.75. The van der Waals surface area contributed by atoms with Gasteiger partial charge in [0.05, 0.1) is 14.2 Å². The fourth-order valence-electron chi connectivity index (χ4n) is 4.23. The Hall–Kier alpha value is -2.99. The predicted molar refractivity (Wildman–Crippen MR) is 111 cm³/mol. The average molecular weight is 395 g/mol. The highest BCUT2D eigenvalue weighted by Gasteiger charge is 2.29. The van der Waals surface area contributed by atoms with Gasteiger partial charge in [-0.2, -0.15) is 0 Å². The van der Waals surface area contributed by atoms with Gasteiger partial charge in [0.2, 0.25) is 0 Å². The van der Waals surface area contributed by atoms with E-state index < -0.39 is 5.63 Å². The van der Waals surface area contributed by atoms with Crippen LogP contribution in [0.2, 0.25) is 0 Å². The maximum atomic E-state index is 12.2. The number of aromatic hydroxyl groups is 1. The molecule has 1 fully saturated rings. The zero-order chi connectivity index (χ0) is 20.5. The van der Waals surface area contributed by atoms with E-state index in [9.17, 15) is 9.90 Å². The van der Waals surface area contributed by atoms with Crippen molar-refractivity contribution in [3.8, 4) is 17.2 Å². The first kappa shape index (κ1) is 19.3. The minimum absolute atomic E-state index is 0.123. The van der Waals surface area contributed by atoms with E-state index in [1.807, 2.05) is 24.3 Å². The quantitative estimate of drug-likeness (QED) is 0.654. The van der Waals surface area contributed by atoms with Crippen LogP contribution in [0.15, 0.2) is 45.6 Å². The standard InChI is InChI=1S/C23H25NO5/c1-14-20(25)8-7-17-15(11-22(26)29-23(14)17)13-24-10-4-5-19(24)18-12-16(27-2)6-9-21(18)28-3/h6-9,11-12,19,25H,4-5,10,13H2,1-3H3/t19-/m0/s1. The fraction of sp³-hybridized carbons (Fsp3) is 0.348. The van der Waals surface area contributed by atoms with E-state index in [-0.39, 0.29) is 11.8 Å². The molecule has 152 valence electrons. The Morgan fingerprint density at radius 2 is 2.00 bits per heavy atom. The zero-order valence-electron chi connectivity index (χ0n) is 16.9. The molecule has 1 saturated heterocycles. The van der Waals surface area contributed by atoms with Gasteiger partial charge in [0, 0.05) is 35.2 Å². The topological polar surface area (TPSA) is 72.1 Å². The molecule has 1 aliphatic rings. The van der Waals surface area contributed by atoms with Crippen LogP contribution in [0.1, 0.15) is 35.6 Å². The van der Waals surface area contributed by atoms with Crippen LogP contribution in [0.25, 0.3) is 11.0 Å². The summed E-state index contributed by atoms with van der Waals surface area (Å²) in [5, 5.41) is 10.8. The first-order valence-corrected chi connectivity index (χ1v) is 9.73. The monoisotopic (exact) mass is 395 g/mol. The number of phenolic OH excluding ortho intramolecular Hbond substituents is 1. The van der Waals surface area contributed by atoms with Gasteiger partial charge in [-0.25, -0.2) is 4.79 Å². The molecule has 1 atom stereocenters. The van der Waals surface area contributed by atoms with E-state index >= 15 is 0 Å². The van der Waals surface area contributed by atoms with Crippen LogP contribution < -0.4 is 15.1 Å². The van der Waals surface area contributed by atoms with E-state index in [2.05, 4.69) is 4.90 Å². The molecule has 0 unspecified atom stereocenters. The number of fused-ring (bicyclic) bond motifs is 1. The second-order valence-corrected chi connectivity index (χ2v) is 7.41. The van der Waals surface area contributed by atoms with Gasteiger partial charge in [-0.05, 0) is 62.2 Å². The summed E-state index contributed by atoms with van der Waals surface area (Å²) in [6.45, 7) is 3.28. The third-order valence-electron chi connectivity index (χ3n) is 5.75. The number of rotatable bonds is 5. The summed E-state index contributed by atoms with van der Waals surface area (Å²) in [5.41, 5.74) is 2.60. The zero-order valence-corrected chi connectivity index (χ0v) is 16.9. The normalized spacial score (nSPS) is 17.0. The first-order valence-electron chi connectivity index (χ1n) is 9.73. The number of aryl methyl sites for hydroxylation is 1. The number of likely N-dealkylation sites (tertiary alicyclic amines) is 1. The maximum Gasteiger partial charge on any atom is 0.336 e. The van der Waals surface area contributed by atoms with E-state index in [0.29, 0.717) is 17.7 Å². The molecule has 0 saturated carbocycles. The van der Waals surface area contributed by atoms with Crippen LogP contribution >= 0.6 is 0 Å². The summed E-state index contributed by atoms with van der Waals surface area (Å²) in [4.78, 5) is 14.5. The Bertz CT molecular complexity index is 1100. The van der Waals surface area contributed by atoms with Gasteiger partial charge in [0.15, 0.2) is 0 Å². The van der Waals surface area contributed by atoms with Crippen molar-refractivity contribution >= 4 is 11.0 Å². The van der Waals surface area contributed by atoms with Crippen molar-refractivity contribution in [2.45, 2.75) is 32.4 Å². The summed E-state index contributed by atoms with van der Waals surface area (Å²) < 4.78 is 16.4. The van der Waals surface area contributed by atoms with Crippen molar-refractivity contribution in [2.75, 3.05) is 20.8 Å². The van der Waals surface area contributed by atoms with Crippen molar-refractivity contribution in [1.29, 1.82) is 0 Å². The smallest absolute Gasteiger partial charge is 0.336 e. The minimum Gasteiger partial charge on any atom is -0.508 e. The molecule has 1 aromatic heterocycles. The highest BCUT2D eigenvalue weighted by atomic mass is 16.5. The second kappa shape index (κ2) is 7.79. The van der Waals surface area contributed by atoms with E-state index in [1.54, 1.807) is 33.3 Å². The number of methoxy groups -OCH3 is 2. The predicted octanol–water partition coefficient (Wildman–Crippen LogP) is 4.16. The molecule has 1 N–H and O–H groups in total. The molecular weight excluding hydrogens is 370 g/mol. The summed E-state index contributed by atoms with van der Waals surface area (Å²) in [6.07, 6.45) is 2.06. The van der Waals surface area contributed by atoms with E-state index in [1.165, 1.54) is 0 Å². The largest absolute Gasteiger partial charge is 0.508 e. The molecule has 3 aromatic rings. The van der Waals surface area contributed by atoms with E-state index in [0.717, 1.165) is 47.4 Å². The van der Waals surface area contributed by atoms with Gasteiger partial charge < -0.3 is 19.0 Å². The second-order valence-electron chi connectivity index (χ2n) is 7.41. The third kappa shape index (κ3) is 3.56. The van der Waals surface area contributed by atoms with Crippen LogP contribution in [-0.2, 0) is 6.54 Å². The van der Waals surface area contributed by atoms with Crippen LogP contribution in [0.3, 0.4) is 0 Å². The molecule has 4 rings (SSSR count). The van der Waals surface area contributed by atoms with Crippen LogP contribution in [0, 0.1) is 6.92 Å². The number of hydrogen-bond acceptors (Lipinski definition) is 6. The average Bonchev–Trinajstić information content (AvgIpc) is 3.18. The van der Waals surface area contributed by atoms with Crippen LogP contribution in [0.4, 0.5) is 0 Å². The minimum atomic E-state index is -0.407. The SMILES string of the molecule is COc1ccc(OC)c([C@@H]2CCCN2Cc2cc(=O)oc3c(C)c(O)ccc23)c1. The molecule has 6 heteroatoms. The molecule has 6 nitrogen and oxygen atoms in total. The molecule has 0 bridgehead atoms. The molecule has 1 aliphatic heterocycles. The summed E-state index contributed by atoms with van der Waals surface area (Å²) >= 11 is 0. The van der Waals surface area contributed by atoms with Crippen molar-refractivity contribution < 1.29 is 19.0 Å². The van der Waals surface area contributed by atoms with Gasteiger partial charge in [0.1, 0.15) is 22.8 Å². The molecule has 29 heavy (non-hydrogen) atoms. The molecule has 0 amide bonds. The Balaban J connectivity index is 1.74. The van der Waals surface area contributed by atoms with Gasteiger partial charge >= 0.3 is 5.63 Å². The summed E-state index contributed by atoms with van der Waals surface area (Å²) in [7, 11) is 3.33. The van der Waals surface area contributed by atoms with Crippen molar-refractivity contribution in [3.63, 3.8) is 0 Å². The molecule has 2 aromatic carbocycles. The lowest BCUT2D eigenvalue weighted by atomic mass is 10.0. The Morgan fingerprint density at radius 3 is 2.76 bits per heavy atom. The number of phenols is 1. The van der Waals surface area contributed by atoms with E-state index in [4.69, 9.17) is 13.9 Å². The van der Waals surface area contributed by atoms with Gasteiger partial charge in [0.25, 0.3) is 0 Å². The third-order valence-corrected chi connectivity index (χ3v) is 5.75. The van der Waals surface area contributed by atoms with Crippen molar-refractivity contribution in [2.24, 2.45) is 0 Å². The van der Waals surface area contributed by atoms with Crippen LogP contribution in [-0.4, -0.2) is 30.8 Å². The maximum absolute atomic E-state index is 12.2. The molecule has 0 spiro atoms. The molecule has 0 aliphatic carbocycles. The molecular formula is C23H25NO5. The van der Waals surface area contributed by atoms with Crippen LogP contribution in [0.5, 0.6) is 17.2 Å². The first-order chi connectivity index (χ1) is 14.0. The number of hydrogen-bond donors (Lipinski definition) is 1. The highest BCUT2D eigenvalue weighted by molar-refractivity contribution is 5.84. The summed E-state index contributed by atoms with van der Waals surface area (Å²) in [6, 6.07) is 11.0. The Morgan fingerprint density at radius 1 is 1.17 bits per heavy atom. The number of nitrogens with zero attached hydrogens (tertiary/aromatic N) is 1. The fourth-order valence-corrected chi connectivity index (χ4v) is 4.23. The molecule has 2 heterocycles. The number of benzene rings is 2.